The first kappa shape index (κ1) is 16.8. The quantitative estimate of drug-likeness (QED) is 0.864. The highest BCUT2D eigenvalue weighted by Crippen LogP contribution is 2.27. The molecule has 0 amide bonds. The first-order valence-corrected chi connectivity index (χ1v) is 8.93. The second kappa shape index (κ2) is 6.70. The molecule has 1 saturated heterocycles. The van der Waals surface area contributed by atoms with Gasteiger partial charge in [0.25, 0.3) is 0 Å². The highest BCUT2D eigenvalue weighted by Gasteiger charge is 2.33. The Morgan fingerprint density at radius 1 is 1.52 bits per heavy atom. The molecule has 1 aliphatic heterocycles. The van der Waals surface area contributed by atoms with Gasteiger partial charge in [-0.3, -0.25) is 0 Å². The minimum Gasteiger partial charge on any atom is -0.375 e. The number of ether oxygens (including phenoxy) is 1. The van der Waals surface area contributed by atoms with E-state index in [0.29, 0.717) is 17.5 Å². The molecule has 118 valence electrons. The molecule has 0 saturated carbocycles. The van der Waals surface area contributed by atoms with Gasteiger partial charge < -0.3 is 10.5 Å². The number of rotatable bonds is 4. The van der Waals surface area contributed by atoms with E-state index in [-0.39, 0.29) is 36.2 Å². The molecule has 1 aromatic rings. The number of nitrogens with zero attached hydrogens (tertiary/aromatic N) is 1. The summed E-state index contributed by atoms with van der Waals surface area (Å²) < 4.78 is 46.9. The van der Waals surface area contributed by atoms with E-state index >= 15 is 0 Å². The van der Waals surface area contributed by atoms with Crippen molar-refractivity contribution < 1.29 is 17.5 Å². The third-order valence-corrected chi connectivity index (χ3v) is 5.80. The maximum atomic E-state index is 14.3. The predicted octanol–water partition coefficient (Wildman–Crippen LogP) is 1.85. The molecular formula is C13H18BrFN2O3S. The number of hydrogen-bond acceptors (Lipinski definition) is 4. The summed E-state index contributed by atoms with van der Waals surface area (Å²) in [6.07, 6.45) is 0.554. The summed E-state index contributed by atoms with van der Waals surface area (Å²) in [5.41, 5.74) is 5.63. The number of benzene rings is 1. The normalized spacial score (nSPS) is 20.7. The molecule has 5 nitrogen and oxygen atoms in total. The van der Waals surface area contributed by atoms with Gasteiger partial charge in [-0.05, 0) is 18.6 Å². The minimum absolute atomic E-state index is 0.0610. The van der Waals surface area contributed by atoms with Crippen LogP contribution in [0.1, 0.15) is 18.9 Å². The van der Waals surface area contributed by atoms with Gasteiger partial charge in [0.1, 0.15) is 10.7 Å². The molecule has 2 N–H and O–H groups in total. The smallest absolute Gasteiger partial charge is 0.246 e. The molecule has 1 unspecified atom stereocenters. The van der Waals surface area contributed by atoms with Gasteiger partial charge in [-0.2, -0.15) is 4.31 Å². The van der Waals surface area contributed by atoms with E-state index in [4.69, 9.17) is 10.5 Å². The average Bonchev–Trinajstić information content (AvgIpc) is 2.49. The largest absolute Gasteiger partial charge is 0.375 e. The second-order valence-corrected chi connectivity index (χ2v) is 7.67. The van der Waals surface area contributed by atoms with Crippen molar-refractivity contribution in [2.75, 3.05) is 19.7 Å². The molecule has 8 heteroatoms. The molecule has 2 rings (SSSR count). The first-order chi connectivity index (χ1) is 9.90. The standard InChI is InChI=1S/C13H18BrFN2O3S/c1-2-11-8-17(3-4-20-11)21(18,19)12-6-10(14)5-9(7-16)13(12)15/h5-6,11H,2-4,7-8,16H2,1H3. The highest BCUT2D eigenvalue weighted by atomic mass is 79.9. The Morgan fingerprint density at radius 2 is 2.24 bits per heavy atom. The van der Waals surface area contributed by atoms with Crippen LogP contribution in [-0.2, 0) is 21.3 Å². The molecule has 1 aromatic carbocycles. The van der Waals surface area contributed by atoms with Crippen molar-refractivity contribution in [1.82, 2.24) is 4.31 Å². The van der Waals surface area contributed by atoms with Crippen molar-refractivity contribution >= 4 is 26.0 Å². The number of hydrogen-bond donors (Lipinski definition) is 1. The zero-order chi connectivity index (χ0) is 15.6. The van der Waals surface area contributed by atoms with Gasteiger partial charge >= 0.3 is 0 Å². The summed E-state index contributed by atoms with van der Waals surface area (Å²) in [7, 11) is -3.90. The topological polar surface area (TPSA) is 72.6 Å². The average molecular weight is 381 g/mol. The maximum absolute atomic E-state index is 14.3. The van der Waals surface area contributed by atoms with E-state index in [1.165, 1.54) is 16.4 Å². The summed E-state index contributed by atoms with van der Waals surface area (Å²) in [6, 6.07) is 2.77. The SMILES string of the molecule is CCC1CN(S(=O)(=O)c2cc(Br)cc(CN)c2F)CCO1. The van der Waals surface area contributed by atoms with Crippen LogP contribution in [-0.4, -0.2) is 38.5 Å². The third kappa shape index (κ3) is 3.45. The lowest BCUT2D eigenvalue weighted by Gasteiger charge is -2.31. The van der Waals surface area contributed by atoms with Crippen LogP contribution in [0.25, 0.3) is 0 Å². The Hall–Kier alpha value is -0.540. The van der Waals surface area contributed by atoms with Gasteiger partial charge in [0.05, 0.1) is 12.7 Å². The molecule has 1 fully saturated rings. The van der Waals surface area contributed by atoms with Crippen LogP contribution in [0, 0.1) is 5.82 Å². The summed E-state index contributed by atoms with van der Waals surface area (Å²) in [5.74, 6) is -0.778. The zero-order valence-electron chi connectivity index (χ0n) is 11.7. The number of halogens is 2. The van der Waals surface area contributed by atoms with Gasteiger partial charge in [0.2, 0.25) is 10.0 Å². The zero-order valence-corrected chi connectivity index (χ0v) is 14.1. The van der Waals surface area contributed by atoms with E-state index in [9.17, 15) is 12.8 Å². The lowest BCUT2D eigenvalue weighted by Crippen LogP contribution is -2.45. The third-order valence-electron chi connectivity index (χ3n) is 3.47. The molecule has 1 heterocycles. The molecule has 1 atom stereocenters. The van der Waals surface area contributed by atoms with Crippen LogP contribution in [0.3, 0.4) is 0 Å². The Bertz CT molecular complexity index is 624. The molecule has 0 radical (unpaired) electrons. The van der Waals surface area contributed by atoms with Crippen molar-refractivity contribution in [2.45, 2.75) is 30.9 Å². The highest BCUT2D eigenvalue weighted by molar-refractivity contribution is 9.10. The van der Waals surface area contributed by atoms with Gasteiger partial charge in [0, 0.05) is 29.7 Å². The molecule has 0 aromatic heterocycles. The number of morpholine rings is 1. The summed E-state index contributed by atoms with van der Waals surface area (Å²) >= 11 is 3.20. The van der Waals surface area contributed by atoms with E-state index in [1.807, 2.05) is 6.92 Å². The Labute approximate surface area is 132 Å². The number of sulfonamides is 1. The van der Waals surface area contributed by atoms with Crippen LogP contribution in [0.2, 0.25) is 0 Å². The van der Waals surface area contributed by atoms with Crippen molar-refractivity contribution in [3.05, 3.63) is 28.0 Å². The van der Waals surface area contributed by atoms with Gasteiger partial charge in [-0.15, -0.1) is 0 Å². The second-order valence-electron chi connectivity index (χ2n) is 4.85. The predicted molar refractivity (Wildman–Crippen MR) is 80.8 cm³/mol. The van der Waals surface area contributed by atoms with Crippen LogP contribution in [0.5, 0.6) is 0 Å². The fraction of sp³-hybridized carbons (Fsp3) is 0.538. The number of nitrogens with two attached hydrogens (primary N) is 1. The van der Waals surface area contributed by atoms with Gasteiger partial charge in [-0.1, -0.05) is 22.9 Å². The first-order valence-electron chi connectivity index (χ1n) is 6.69. The Morgan fingerprint density at radius 3 is 2.86 bits per heavy atom. The lowest BCUT2D eigenvalue weighted by molar-refractivity contribution is -0.00283. The van der Waals surface area contributed by atoms with Crippen molar-refractivity contribution in [3.8, 4) is 0 Å². The summed E-state index contributed by atoms with van der Waals surface area (Å²) in [5, 5.41) is 0. The fourth-order valence-corrected chi connectivity index (χ4v) is 4.50. The molecule has 0 aliphatic carbocycles. The van der Waals surface area contributed by atoms with Crippen LogP contribution >= 0.6 is 15.9 Å². The Balaban J connectivity index is 2.42. The van der Waals surface area contributed by atoms with Crippen molar-refractivity contribution in [2.24, 2.45) is 5.73 Å². The molecule has 21 heavy (non-hydrogen) atoms. The van der Waals surface area contributed by atoms with E-state index in [1.54, 1.807) is 0 Å². The van der Waals surface area contributed by atoms with E-state index in [0.717, 1.165) is 0 Å². The van der Waals surface area contributed by atoms with E-state index in [2.05, 4.69) is 15.9 Å². The molecule has 1 aliphatic rings. The lowest BCUT2D eigenvalue weighted by atomic mass is 10.2. The fourth-order valence-electron chi connectivity index (χ4n) is 2.25. The summed E-state index contributed by atoms with van der Waals surface area (Å²) in [4.78, 5) is -0.339. The van der Waals surface area contributed by atoms with Gasteiger partial charge in [0.15, 0.2) is 0 Å². The van der Waals surface area contributed by atoms with Crippen LogP contribution in [0.15, 0.2) is 21.5 Å². The van der Waals surface area contributed by atoms with Crippen molar-refractivity contribution in [1.29, 1.82) is 0 Å². The van der Waals surface area contributed by atoms with Crippen LogP contribution in [0.4, 0.5) is 4.39 Å². The minimum atomic E-state index is -3.90. The molecule has 0 bridgehead atoms. The van der Waals surface area contributed by atoms with Crippen molar-refractivity contribution in [3.63, 3.8) is 0 Å². The maximum Gasteiger partial charge on any atom is 0.246 e. The monoisotopic (exact) mass is 380 g/mol. The van der Waals surface area contributed by atoms with E-state index < -0.39 is 15.8 Å². The summed E-state index contributed by atoms with van der Waals surface area (Å²) in [6.45, 7) is 2.64. The molecular weight excluding hydrogens is 363 g/mol. The Kier molecular flexibility index (Phi) is 5.37. The van der Waals surface area contributed by atoms with Gasteiger partial charge in [-0.25, -0.2) is 12.8 Å². The van der Waals surface area contributed by atoms with Crippen LogP contribution < -0.4 is 5.73 Å². The molecule has 0 spiro atoms.